The van der Waals surface area contributed by atoms with Crippen molar-refractivity contribution in [3.63, 3.8) is 0 Å². The van der Waals surface area contributed by atoms with Crippen LogP contribution in [0, 0.1) is 5.92 Å². The van der Waals surface area contributed by atoms with Crippen LogP contribution in [0.4, 0.5) is 24.8 Å². The summed E-state index contributed by atoms with van der Waals surface area (Å²) in [4.78, 5) is 7.70. The van der Waals surface area contributed by atoms with Crippen molar-refractivity contribution >= 4 is 23.2 Å². The number of benzene rings is 1. The lowest BCUT2D eigenvalue weighted by atomic mass is 10.0. The molecule has 1 aromatic carbocycles. The molecule has 0 bridgehead atoms. The minimum Gasteiger partial charge on any atom is -0.381 e. The molecule has 0 unspecified atom stereocenters. The third-order valence-electron chi connectivity index (χ3n) is 4.30. The van der Waals surface area contributed by atoms with Crippen molar-refractivity contribution in [1.82, 2.24) is 15.3 Å². The standard InChI is InChI=1S/C18H20ClF3N4O/c19-14-2-1-3-15(8-14)25-17-24-11-13(16(26-17)18(20,21)22)10-23-9-12-4-6-27-7-5-12/h1-3,8,11-12,23H,4-7,9-10H2,(H,24,25,26). The molecule has 27 heavy (non-hydrogen) atoms. The summed E-state index contributed by atoms with van der Waals surface area (Å²) in [5.41, 5.74) is -0.409. The van der Waals surface area contributed by atoms with E-state index in [9.17, 15) is 13.2 Å². The van der Waals surface area contributed by atoms with Gasteiger partial charge >= 0.3 is 6.18 Å². The third-order valence-corrected chi connectivity index (χ3v) is 4.54. The van der Waals surface area contributed by atoms with E-state index in [1.54, 1.807) is 24.3 Å². The van der Waals surface area contributed by atoms with Crippen LogP contribution in [0.2, 0.25) is 5.02 Å². The van der Waals surface area contributed by atoms with E-state index in [2.05, 4.69) is 20.6 Å². The summed E-state index contributed by atoms with van der Waals surface area (Å²) in [5.74, 6) is 0.288. The minimum absolute atomic E-state index is 0.0196. The molecule has 9 heteroatoms. The van der Waals surface area contributed by atoms with Gasteiger partial charge in [-0.1, -0.05) is 17.7 Å². The lowest BCUT2D eigenvalue weighted by Crippen LogP contribution is -2.28. The smallest absolute Gasteiger partial charge is 0.381 e. The van der Waals surface area contributed by atoms with Crippen molar-refractivity contribution in [2.45, 2.75) is 25.6 Å². The first-order valence-electron chi connectivity index (χ1n) is 8.66. The predicted octanol–water partition coefficient (Wildman–Crippen LogP) is 4.41. The number of hydrogen-bond acceptors (Lipinski definition) is 5. The number of alkyl halides is 3. The Morgan fingerprint density at radius 1 is 1.22 bits per heavy atom. The van der Waals surface area contributed by atoms with Gasteiger partial charge in [0.15, 0.2) is 5.69 Å². The third kappa shape index (κ3) is 5.79. The highest BCUT2D eigenvalue weighted by Gasteiger charge is 2.36. The van der Waals surface area contributed by atoms with E-state index in [4.69, 9.17) is 16.3 Å². The van der Waals surface area contributed by atoms with Gasteiger partial charge in [0.05, 0.1) is 0 Å². The first-order chi connectivity index (χ1) is 12.9. The fraction of sp³-hybridized carbons (Fsp3) is 0.444. The van der Waals surface area contributed by atoms with Gasteiger partial charge in [0.1, 0.15) is 0 Å². The number of hydrogen-bond donors (Lipinski definition) is 2. The van der Waals surface area contributed by atoms with Crippen molar-refractivity contribution < 1.29 is 17.9 Å². The Morgan fingerprint density at radius 2 is 2.00 bits per heavy atom. The minimum atomic E-state index is -4.57. The Balaban J connectivity index is 1.69. The molecular weight excluding hydrogens is 381 g/mol. The number of rotatable bonds is 6. The van der Waals surface area contributed by atoms with Crippen LogP contribution in [0.3, 0.4) is 0 Å². The van der Waals surface area contributed by atoms with E-state index >= 15 is 0 Å². The van der Waals surface area contributed by atoms with E-state index in [1.165, 1.54) is 6.20 Å². The first-order valence-corrected chi connectivity index (χ1v) is 9.04. The van der Waals surface area contributed by atoms with Crippen LogP contribution in [-0.2, 0) is 17.5 Å². The molecule has 1 aromatic heterocycles. The molecule has 0 saturated carbocycles. The molecule has 0 radical (unpaired) electrons. The van der Waals surface area contributed by atoms with E-state index in [1.807, 2.05) is 0 Å². The summed E-state index contributed by atoms with van der Waals surface area (Å²) in [6.07, 6.45) is -1.53. The van der Waals surface area contributed by atoms with Gasteiger partial charge in [0.2, 0.25) is 5.95 Å². The van der Waals surface area contributed by atoms with Gasteiger partial charge in [-0.2, -0.15) is 13.2 Å². The molecule has 2 heterocycles. The van der Waals surface area contributed by atoms with Crippen LogP contribution in [0.1, 0.15) is 24.1 Å². The zero-order chi connectivity index (χ0) is 19.3. The highest BCUT2D eigenvalue weighted by atomic mass is 35.5. The molecule has 3 rings (SSSR count). The monoisotopic (exact) mass is 400 g/mol. The molecule has 146 valence electrons. The maximum Gasteiger partial charge on any atom is 0.433 e. The second-order valence-corrected chi connectivity index (χ2v) is 6.82. The zero-order valence-electron chi connectivity index (χ0n) is 14.5. The molecular formula is C18H20ClF3N4O. The maximum atomic E-state index is 13.4. The molecule has 1 fully saturated rings. The number of nitrogens with one attached hydrogen (secondary N) is 2. The topological polar surface area (TPSA) is 59.1 Å². The molecule has 2 aromatic rings. The summed E-state index contributed by atoms with van der Waals surface area (Å²) in [6, 6.07) is 6.61. The summed E-state index contributed by atoms with van der Waals surface area (Å²) in [7, 11) is 0. The Morgan fingerprint density at radius 3 is 2.70 bits per heavy atom. The largest absolute Gasteiger partial charge is 0.433 e. The van der Waals surface area contributed by atoms with Gasteiger partial charge in [-0.15, -0.1) is 0 Å². The van der Waals surface area contributed by atoms with Gasteiger partial charge in [-0.3, -0.25) is 0 Å². The molecule has 1 saturated heterocycles. The van der Waals surface area contributed by atoms with Gasteiger partial charge < -0.3 is 15.4 Å². The quantitative estimate of drug-likeness (QED) is 0.752. The molecule has 0 spiro atoms. The average molecular weight is 401 g/mol. The van der Waals surface area contributed by atoms with Crippen molar-refractivity contribution in [3.8, 4) is 0 Å². The molecule has 1 aliphatic heterocycles. The van der Waals surface area contributed by atoms with Crippen LogP contribution in [0.25, 0.3) is 0 Å². The van der Waals surface area contributed by atoms with Crippen LogP contribution < -0.4 is 10.6 Å². The average Bonchev–Trinajstić information content (AvgIpc) is 2.63. The normalized spacial score (nSPS) is 15.7. The Labute approximate surface area is 160 Å². The summed E-state index contributed by atoms with van der Waals surface area (Å²) < 4.78 is 45.6. The van der Waals surface area contributed by atoms with Crippen molar-refractivity contribution in [2.24, 2.45) is 5.92 Å². The SMILES string of the molecule is FC(F)(F)c1nc(Nc2cccc(Cl)c2)ncc1CNCC1CCOCC1. The van der Waals surface area contributed by atoms with Gasteiger partial charge in [-0.05, 0) is 43.5 Å². The second-order valence-electron chi connectivity index (χ2n) is 6.39. The first kappa shape index (κ1) is 19.9. The fourth-order valence-electron chi connectivity index (χ4n) is 2.90. The molecule has 0 atom stereocenters. The number of aromatic nitrogens is 2. The lowest BCUT2D eigenvalue weighted by Gasteiger charge is -2.22. The van der Waals surface area contributed by atoms with E-state index < -0.39 is 11.9 Å². The molecule has 5 nitrogen and oxygen atoms in total. The Hall–Kier alpha value is -1.90. The molecule has 2 N–H and O–H groups in total. The summed E-state index contributed by atoms with van der Waals surface area (Å²) in [6.45, 7) is 2.10. The highest BCUT2D eigenvalue weighted by molar-refractivity contribution is 6.30. The summed E-state index contributed by atoms with van der Waals surface area (Å²) >= 11 is 5.88. The number of nitrogens with zero attached hydrogens (tertiary/aromatic N) is 2. The van der Waals surface area contributed by atoms with Crippen LogP contribution in [-0.4, -0.2) is 29.7 Å². The van der Waals surface area contributed by atoms with Crippen molar-refractivity contribution in [3.05, 3.63) is 46.7 Å². The Kier molecular flexibility index (Phi) is 6.51. The fourth-order valence-corrected chi connectivity index (χ4v) is 3.09. The number of ether oxygens (including phenoxy) is 1. The molecule has 0 aliphatic carbocycles. The van der Waals surface area contributed by atoms with Gasteiger partial charge in [0.25, 0.3) is 0 Å². The van der Waals surface area contributed by atoms with Crippen molar-refractivity contribution in [1.29, 1.82) is 0 Å². The van der Waals surface area contributed by atoms with Crippen LogP contribution >= 0.6 is 11.6 Å². The predicted molar refractivity (Wildman–Crippen MR) is 97.0 cm³/mol. The van der Waals surface area contributed by atoms with Gasteiger partial charge in [-0.25, -0.2) is 9.97 Å². The Bertz CT molecular complexity index is 767. The van der Waals surface area contributed by atoms with Crippen LogP contribution in [0.5, 0.6) is 0 Å². The van der Waals surface area contributed by atoms with Crippen LogP contribution in [0.15, 0.2) is 30.5 Å². The highest BCUT2D eigenvalue weighted by Crippen LogP contribution is 2.31. The molecule has 1 aliphatic rings. The van der Waals surface area contributed by atoms with Crippen molar-refractivity contribution in [2.75, 3.05) is 25.1 Å². The number of halogens is 4. The summed E-state index contributed by atoms with van der Waals surface area (Å²) in [5, 5.41) is 6.30. The maximum absolute atomic E-state index is 13.4. The number of anilines is 2. The van der Waals surface area contributed by atoms with E-state index in [0.29, 0.717) is 36.4 Å². The second kappa shape index (κ2) is 8.86. The lowest BCUT2D eigenvalue weighted by molar-refractivity contribution is -0.141. The molecule has 0 amide bonds. The zero-order valence-corrected chi connectivity index (χ0v) is 15.3. The van der Waals surface area contributed by atoms with Gasteiger partial charge in [0, 0.05) is 42.2 Å². The van der Waals surface area contributed by atoms with E-state index in [-0.39, 0.29) is 18.1 Å². The van der Waals surface area contributed by atoms with E-state index in [0.717, 1.165) is 12.8 Å².